The van der Waals surface area contributed by atoms with Crippen LogP contribution in [0.1, 0.15) is 44.8 Å². The highest BCUT2D eigenvalue weighted by molar-refractivity contribution is 7.45. The van der Waals surface area contributed by atoms with Crippen LogP contribution in [-0.2, 0) is 37.3 Å². The van der Waals surface area contributed by atoms with Crippen LogP contribution in [0.4, 0.5) is 5.69 Å². The number of nitrogens with one attached hydrogen (secondary N) is 1. The van der Waals surface area contributed by atoms with Crippen LogP contribution < -0.4 is 20.9 Å². The Balaban J connectivity index is 1.35. The second-order valence-electron chi connectivity index (χ2n) is 10.3. The fraction of sp³-hybridized carbons (Fsp3) is 0.615. The molecule has 0 spiro atoms. The predicted molar refractivity (Wildman–Crippen MR) is 145 cm³/mol. The smallest absolute Gasteiger partial charge is 0.330 e. The number of hydrogen-bond acceptors (Lipinski definition) is 14. The minimum Gasteiger partial charge on any atom is -0.756 e. The fourth-order valence-electron chi connectivity index (χ4n) is 5.01. The molecule has 0 saturated carbocycles. The number of nitrogens with zero attached hydrogens (tertiary/aromatic N) is 2. The maximum atomic E-state index is 13.1. The van der Waals surface area contributed by atoms with E-state index >= 15 is 0 Å². The summed E-state index contributed by atoms with van der Waals surface area (Å²) in [5.41, 5.74) is -1.62. The van der Waals surface area contributed by atoms with Crippen LogP contribution in [0.15, 0.2) is 46.1 Å². The molecule has 18 heteroatoms. The number of nitro groups is 1. The van der Waals surface area contributed by atoms with Crippen LogP contribution >= 0.6 is 7.82 Å². The van der Waals surface area contributed by atoms with Crippen molar-refractivity contribution in [1.82, 2.24) is 9.55 Å². The molecule has 0 radical (unpaired) electrons. The summed E-state index contributed by atoms with van der Waals surface area (Å²) in [6.07, 6.45) is -0.541. The zero-order valence-electron chi connectivity index (χ0n) is 23.6. The zero-order chi connectivity index (χ0) is 31.1. The Morgan fingerprint density at radius 3 is 2.34 bits per heavy atom. The quantitative estimate of drug-likeness (QED) is 0.143. The molecule has 17 nitrogen and oxygen atoms in total. The van der Waals surface area contributed by atoms with Crippen molar-refractivity contribution in [2.45, 2.75) is 75.6 Å². The Morgan fingerprint density at radius 2 is 1.70 bits per heavy atom. The normalized spacial score (nSPS) is 28.8. The molecule has 1 N–H and O–H groups in total. The summed E-state index contributed by atoms with van der Waals surface area (Å²) in [7, 11) is -5.14. The number of nitro benzene ring substituents is 1. The van der Waals surface area contributed by atoms with Gasteiger partial charge in [0, 0.05) is 37.6 Å². The average Bonchev–Trinajstić information content (AvgIpc) is 3.32. The van der Waals surface area contributed by atoms with Gasteiger partial charge in [-0.25, -0.2) is 4.79 Å². The van der Waals surface area contributed by atoms with Crippen LogP contribution in [0.2, 0.25) is 0 Å². The van der Waals surface area contributed by atoms with E-state index < -0.39 is 67.9 Å². The van der Waals surface area contributed by atoms with E-state index in [1.165, 1.54) is 30.5 Å². The van der Waals surface area contributed by atoms with E-state index in [4.69, 9.17) is 37.5 Å². The van der Waals surface area contributed by atoms with Gasteiger partial charge in [-0.05, 0) is 50.7 Å². The van der Waals surface area contributed by atoms with Gasteiger partial charge in [0.1, 0.15) is 24.1 Å². The summed E-state index contributed by atoms with van der Waals surface area (Å²) in [6, 6.07) is 6.06. The number of ether oxygens (including phenoxy) is 6. The van der Waals surface area contributed by atoms with Gasteiger partial charge in [0.25, 0.3) is 19.1 Å². The second-order valence-corrected chi connectivity index (χ2v) is 11.6. The highest BCUT2D eigenvalue weighted by Gasteiger charge is 2.50. The molecule has 3 unspecified atom stereocenters. The predicted octanol–water partition coefficient (Wildman–Crippen LogP) is 1.70. The lowest BCUT2D eigenvalue weighted by molar-refractivity contribution is -0.384. The highest BCUT2D eigenvalue weighted by Crippen LogP contribution is 2.46. The standard InChI is InChI=1S/C26H34N3O14P/c30-20-11-12-28(26(31)27-20)25-24(42-22-6-2-4-14-37-22)23(19(41-25)15-38-21-5-1-3-13-36-21)43-44(34,35)40-16-39-18-9-7-17(8-10-18)29(32)33/h7-12,19,21-25H,1-6,13-16H2,(H,34,35)(H,27,30,31)/p-1/t19-,21?,22?,23-,24-,25-/m1/s1. The monoisotopic (exact) mass is 642 g/mol. The molecule has 0 amide bonds. The molecule has 3 saturated heterocycles. The maximum Gasteiger partial charge on any atom is 0.330 e. The van der Waals surface area contributed by atoms with Gasteiger partial charge in [0.15, 0.2) is 25.6 Å². The molecular weight excluding hydrogens is 609 g/mol. The summed E-state index contributed by atoms with van der Waals surface area (Å²) in [6.45, 7) is -0.0612. The Bertz CT molecular complexity index is 1410. The Hall–Kier alpha value is -2.99. The number of H-pyrrole nitrogens is 1. The van der Waals surface area contributed by atoms with Crippen molar-refractivity contribution in [3.05, 3.63) is 67.5 Å². The van der Waals surface area contributed by atoms with Gasteiger partial charge in [-0.15, -0.1) is 0 Å². The lowest BCUT2D eigenvalue weighted by Crippen LogP contribution is -2.44. The molecule has 242 valence electrons. The largest absolute Gasteiger partial charge is 0.756 e. The van der Waals surface area contributed by atoms with Crippen LogP contribution in [0.25, 0.3) is 0 Å². The molecule has 0 aliphatic carbocycles. The summed E-state index contributed by atoms with van der Waals surface area (Å²) >= 11 is 0. The topological polar surface area (TPSA) is 212 Å². The molecule has 1 aromatic carbocycles. The first-order valence-corrected chi connectivity index (χ1v) is 15.6. The lowest BCUT2D eigenvalue weighted by Gasteiger charge is -2.34. The van der Waals surface area contributed by atoms with E-state index in [1.54, 1.807) is 0 Å². The average molecular weight is 643 g/mol. The number of phosphoric acid groups is 1. The minimum absolute atomic E-state index is 0.117. The van der Waals surface area contributed by atoms with Crippen molar-refractivity contribution in [1.29, 1.82) is 0 Å². The molecule has 3 aliphatic heterocycles. The van der Waals surface area contributed by atoms with Gasteiger partial charge in [-0.3, -0.25) is 33.5 Å². The van der Waals surface area contributed by atoms with Crippen molar-refractivity contribution in [3.63, 3.8) is 0 Å². The first-order valence-electron chi connectivity index (χ1n) is 14.2. The zero-order valence-corrected chi connectivity index (χ0v) is 24.5. The first-order chi connectivity index (χ1) is 21.2. The van der Waals surface area contributed by atoms with E-state index in [2.05, 4.69) is 4.98 Å². The third-order valence-corrected chi connectivity index (χ3v) is 8.10. The number of non-ortho nitro benzene ring substituents is 1. The number of benzene rings is 1. The molecule has 44 heavy (non-hydrogen) atoms. The van der Waals surface area contributed by atoms with Crippen molar-refractivity contribution in [2.75, 3.05) is 26.6 Å². The number of aromatic nitrogens is 2. The van der Waals surface area contributed by atoms with E-state index in [-0.39, 0.29) is 18.0 Å². The minimum atomic E-state index is -5.14. The van der Waals surface area contributed by atoms with Crippen LogP contribution in [0.3, 0.4) is 0 Å². The van der Waals surface area contributed by atoms with E-state index in [9.17, 15) is 29.2 Å². The van der Waals surface area contributed by atoms with Gasteiger partial charge in [-0.1, -0.05) is 0 Å². The number of phosphoric ester groups is 1. The molecular formula is C26H33N3O14P-. The molecule has 1 aromatic heterocycles. The van der Waals surface area contributed by atoms with Crippen molar-refractivity contribution < 1.29 is 51.9 Å². The van der Waals surface area contributed by atoms with Crippen LogP contribution in [0.5, 0.6) is 5.75 Å². The van der Waals surface area contributed by atoms with E-state index in [1.807, 2.05) is 0 Å². The Morgan fingerprint density at radius 1 is 1.00 bits per heavy atom. The van der Waals surface area contributed by atoms with Crippen LogP contribution in [-0.4, -0.2) is 72.0 Å². The SMILES string of the molecule is O=c1ccn([C@@H]2O[C@H](COC3CCCCO3)[C@@H](OP(=O)([O-])OCOc3ccc([N+](=O)[O-])cc3)[C@H]2OC2CCCCO2)c(=O)[nH]1. The Kier molecular flexibility index (Phi) is 10.9. The number of aromatic amines is 1. The molecule has 0 bridgehead atoms. The van der Waals surface area contributed by atoms with Gasteiger partial charge < -0.3 is 37.8 Å². The number of rotatable bonds is 13. The first kappa shape index (κ1) is 32.4. The third kappa shape index (κ3) is 8.59. The van der Waals surface area contributed by atoms with Gasteiger partial charge >= 0.3 is 5.69 Å². The summed E-state index contributed by atoms with van der Waals surface area (Å²) in [5, 5.41) is 10.9. The number of hydrogen-bond donors (Lipinski definition) is 1. The fourth-order valence-corrected chi connectivity index (χ4v) is 5.80. The van der Waals surface area contributed by atoms with Crippen molar-refractivity contribution in [3.8, 4) is 5.75 Å². The van der Waals surface area contributed by atoms with Crippen molar-refractivity contribution >= 4 is 13.5 Å². The summed E-state index contributed by atoms with van der Waals surface area (Å²) < 4.78 is 59.3. The second kappa shape index (κ2) is 14.9. The molecule has 2 aromatic rings. The summed E-state index contributed by atoms with van der Waals surface area (Å²) in [5.74, 6) is 0.117. The van der Waals surface area contributed by atoms with Gasteiger partial charge in [-0.2, -0.15) is 0 Å². The van der Waals surface area contributed by atoms with Crippen LogP contribution in [0, 0.1) is 10.1 Å². The van der Waals surface area contributed by atoms with E-state index in [0.29, 0.717) is 26.1 Å². The van der Waals surface area contributed by atoms with Gasteiger partial charge in [0.05, 0.1) is 11.5 Å². The summed E-state index contributed by atoms with van der Waals surface area (Å²) in [4.78, 5) is 50.0. The highest BCUT2D eigenvalue weighted by atomic mass is 31.2. The van der Waals surface area contributed by atoms with Gasteiger partial charge in [0.2, 0.25) is 0 Å². The third-order valence-electron chi connectivity index (χ3n) is 7.18. The Labute approximate surface area is 250 Å². The molecule has 5 rings (SSSR count). The maximum absolute atomic E-state index is 13.1. The van der Waals surface area contributed by atoms with Crippen molar-refractivity contribution in [2.24, 2.45) is 0 Å². The molecule has 3 aliphatic rings. The van der Waals surface area contributed by atoms with E-state index in [0.717, 1.165) is 36.3 Å². The molecule has 3 fully saturated rings. The molecule has 4 heterocycles. The lowest BCUT2D eigenvalue weighted by atomic mass is 10.1. The molecule has 7 atom stereocenters.